The number of hydrogen-bond acceptors (Lipinski definition) is 4. The molecule has 0 amide bonds. The Morgan fingerprint density at radius 3 is 2.71 bits per heavy atom. The minimum atomic E-state index is 0.596. The van der Waals surface area contributed by atoms with Gasteiger partial charge in [-0.25, -0.2) is 4.68 Å². The maximum Gasteiger partial charge on any atom is 0.0859 e. The molecule has 0 radical (unpaired) electrons. The van der Waals surface area contributed by atoms with Crippen molar-refractivity contribution in [3.63, 3.8) is 0 Å². The van der Waals surface area contributed by atoms with Gasteiger partial charge in [0.25, 0.3) is 0 Å². The van der Waals surface area contributed by atoms with E-state index in [-0.39, 0.29) is 0 Å². The van der Waals surface area contributed by atoms with Crippen molar-refractivity contribution in [3.8, 4) is 0 Å². The van der Waals surface area contributed by atoms with Gasteiger partial charge in [0.15, 0.2) is 0 Å². The van der Waals surface area contributed by atoms with Gasteiger partial charge in [-0.1, -0.05) is 5.21 Å². The maximum absolute atomic E-state index is 4.39. The first-order valence-electron chi connectivity index (χ1n) is 6.63. The van der Waals surface area contributed by atoms with Crippen LogP contribution >= 0.6 is 11.8 Å². The van der Waals surface area contributed by atoms with Gasteiger partial charge < -0.3 is 5.32 Å². The van der Waals surface area contributed by atoms with Crippen LogP contribution in [0.5, 0.6) is 0 Å². The molecule has 0 aliphatic carbocycles. The lowest BCUT2D eigenvalue weighted by atomic mass is 9.95. The number of thioether (sulfide) groups is 1. The highest BCUT2D eigenvalue weighted by atomic mass is 32.2. The number of piperidine rings is 1. The molecule has 0 bridgehead atoms. The largest absolute Gasteiger partial charge is 0.317 e. The van der Waals surface area contributed by atoms with E-state index in [2.05, 4.69) is 38.3 Å². The van der Waals surface area contributed by atoms with Gasteiger partial charge in [0, 0.05) is 12.1 Å². The first-order chi connectivity index (χ1) is 8.43. The quantitative estimate of drug-likeness (QED) is 0.872. The fourth-order valence-corrected chi connectivity index (χ4v) is 3.80. The normalized spacial score (nSPS) is 24.0. The van der Waals surface area contributed by atoms with Crippen LogP contribution in [0.2, 0.25) is 0 Å². The Hall–Kier alpha value is -0.550. The van der Waals surface area contributed by atoms with E-state index in [1.54, 1.807) is 0 Å². The molecule has 17 heavy (non-hydrogen) atoms. The van der Waals surface area contributed by atoms with Crippen molar-refractivity contribution in [2.75, 3.05) is 24.6 Å². The summed E-state index contributed by atoms with van der Waals surface area (Å²) >= 11 is 2.06. The van der Waals surface area contributed by atoms with Crippen LogP contribution in [0, 0.1) is 0 Å². The van der Waals surface area contributed by atoms with Crippen LogP contribution in [-0.2, 0) is 0 Å². The van der Waals surface area contributed by atoms with Crippen molar-refractivity contribution in [2.45, 2.75) is 37.6 Å². The molecule has 94 valence electrons. The summed E-state index contributed by atoms with van der Waals surface area (Å²) in [6.45, 7) is 2.25. The summed E-state index contributed by atoms with van der Waals surface area (Å²) in [6, 6.07) is 0.596. The molecule has 0 atom stereocenters. The smallest absolute Gasteiger partial charge is 0.0859 e. The molecule has 3 heterocycles. The van der Waals surface area contributed by atoms with Gasteiger partial charge in [0.05, 0.1) is 11.7 Å². The lowest BCUT2D eigenvalue weighted by Crippen LogP contribution is -2.26. The van der Waals surface area contributed by atoms with Crippen LogP contribution in [0.4, 0.5) is 0 Å². The monoisotopic (exact) mass is 252 g/mol. The summed E-state index contributed by atoms with van der Waals surface area (Å²) in [7, 11) is 0. The first-order valence-corrected chi connectivity index (χ1v) is 7.79. The lowest BCUT2D eigenvalue weighted by molar-refractivity contribution is 0.416. The van der Waals surface area contributed by atoms with E-state index < -0.39 is 0 Å². The molecule has 4 nitrogen and oxygen atoms in total. The van der Waals surface area contributed by atoms with E-state index in [0.717, 1.165) is 13.1 Å². The predicted molar refractivity (Wildman–Crippen MR) is 70.5 cm³/mol. The standard InChI is InChI=1S/C12H20N4S/c1-5-13-6-2-10(1)12-9-16(15-14-12)11-3-7-17-8-4-11/h9-11,13H,1-8H2. The number of hydrogen-bond donors (Lipinski definition) is 1. The molecular formula is C12H20N4S. The van der Waals surface area contributed by atoms with Gasteiger partial charge in [0.2, 0.25) is 0 Å². The minimum absolute atomic E-state index is 0.596. The SMILES string of the molecule is c1c(C2CCNCC2)nnn1C1CCSCC1. The summed E-state index contributed by atoms with van der Waals surface area (Å²) in [5, 5.41) is 12.1. The Labute approximate surface area is 107 Å². The first kappa shape index (κ1) is 11.5. The van der Waals surface area contributed by atoms with Crippen LogP contribution in [0.3, 0.4) is 0 Å². The number of nitrogens with one attached hydrogen (secondary N) is 1. The van der Waals surface area contributed by atoms with Gasteiger partial charge in [-0.3, -0.25) is 0 Å². The summed E-state index contributed by atoms with van der Waals surface area (Å²) < 4.78 is 2.12. The Bertz CT molecular complexity index is 321. The molecule has 2 aliphatic rings. The van der Waals surface area contributed by atoms with Crippen molar-refractivity contribution in [2.24, 2.45) is 0 Å². The maximum atomic E-state index is 4.39. The molecular weight excluding hydrogens is 232 g/mol. The lowest BCUT2D eigenvalue weighted by Gasteiger charge is -2.21. The zero-order valence-electron chi connectivity index (χ0n) is 10.1. The molecule has 0 saturated carbocycles. The molecule has 1 aromatic rings. The summed E-state index contributed by atoms with van der Waals surface area (Å²) in [5.41, 5.74) is 1.21. The molecule has 2 fully saturated rings. The third-order valence-electron chi connectivity index (χ3n) is 3.85. The average Bonchev–Trinajstić information content (AvgIpc) is 2.90. The van der Waals surface area contributed by atoms with E-state index in [1.807, 2.05) is 0 Å². The molecule has 1 N–H and O–H groups in total. The van der Waals surface area contributed by atoms with Crippen LogP contribution in [0.1, 0.15) is 43.3 Å². The average molecular weight is 252 g/mol. The predicted octanol–water partition coefficient (Wildman–Crippen LogP) is 1.81. The Morgan fingerprint density at radius 2 is 1.94 bits per heavy atom. The second-order valence-electron chi connectivity index (χ2n) is 4.99. The van der Waals surface area contributed by atoms with Crippen LogP contribution in [-0.4, -0.2) is 39.6 Å². The topological polar surface area (TPSA) is 42.7 Å². The second-order valence-corrected chi connectivity index (χ2v) is 6.22. The molecule has 0 unspecified atom stereocenters. The van der Waals surface area contributed by atoms with E-state index in [4.69, 9.17) is 0 Å². The minimum Gasteiger partial charge on any atom is -0.317 e. The summed E-state index contributed by atoms with van der Waals surface area (Å²) in [4.78, 5) is 0. The van der Waals surface area contributed by atoms with Gasteiger partial charge >= 0.3 is 0 Å². The van der Waals surface area contributed by atoms with E-state index in [9.17, 15) is 0 Å². The van der Waals surface area contributed by atoms with Gasteiger partial charge in [-0.2, -0.15) is 11.8 Å². The van der Waals surface area contributed by atoms with Crippen molar-refractivity contribution in [1.82, 2.24) is 20.3 Å². The highest BCUT2D eigenvalue weighted by Gasteiger charge is 2.21. The highest BCUT2D eigenvalue weighted by molar-refractivity contribution is 7.99. The van der Waals surface area contributed by atoms with Crippen LogP contribution in [0.25, 0.3) is 0 Å². The van der Waals surface area contributed by atoms with Crippen LogP contribution < -0.4 is 5.32 Å². The van der Waals surface area contributed by atoms with Crippen molar-refractivity contribution < 1.29 is 0 Å². The molecule has 3 rings (SSSR count). The Balaban J connectivity index is 1.68. The summed E-state index contributed by atoms with van der Waals surface area (Å²) in [6.07, 6.45) is 7.12. The fraction of sp³-hybridized carbons (Fsp3) is 0.833. The molecule has 5 heteroatoms. The number of rotatable bonds is 2. The van der Waals surface area contributed by atoms with E-state index in [1.165, 1.54) is 42.9 Å². The molecule has 1 aromatic heterocycles. The Kier molecular flexibility index (Phi) is 3.66. The van der Waals surface area contributed by atoms with Gasteiger partial charge in [-0.05, 0) is 50.3 Å². The third-order valence-corrected chi connectivity index (χ3v) is 4.90. The van der Waals surface area contributed by atoms with Gasteiger partial charge in [0.1, 0.15) is 0 Å². The summed E-state index contributed by atoms with van der Waals surface area (Å²) in [5.74, 6) is 3.17. The van der Waals surface area contributed by atoms with E-state index >= 15 is 0 Å². The van der Waals surface area contributed by atoms with E-state index in [0.29, 0.717) is 12.0 Å². The fourth-order valence-electron chi connectivity index (χ4n) is 2.72. The molecule has 2 saturated heterocycles. The van der Waals surface area contributed by atoms with Crippen molar-refractivity contribution in [1.29, 1.82) is 0 Å². The zero-order valence-corrected chi connectivity index (χ0v) is 11.0. The van der Waals surface area contributed by atoms with Crippen molar-refractivity contribution in [3.05, 3.63) is 11.9 Å². The third kappa shape index (κ3) is 2.65. The number of aromatic nitrogens is 3. The van der Waals surface area contributed by atoms with Crippen molar-refractivity contribution >= 4 is 11.8 Å². The molecule has 0 aromatic carbocycles. The highest BCUT2D eigenvalue weighted by Crippen LogP contribution is 2.28. The van der Waals surface area contributed by atoms with Gasteiger partial charge in [-0.15, -0.1) is 5.10 Å². The zero-order chi connectivity index (χ0) is 11.5. The Morgan fingerprint density at radius 1 is 1.18 bits per heavy atom. The second kappa shape index (κ2) is 5.40. The number of nitrogens with zero attached hydrogens (tertiary/aromatic N) is 3. The van der Waals surface area contributed by atoms with Crippen LogP contribution in [0.15, 0.2) is 6.20 Å². The molecule has 0 spiro atoms. The molecule has 2 aliphatic heterocycles.